The summed E-state index contributed by atoms with van der Waals surface area (Å²) < 4.78 is 7.24. The summed E-state index contributed by atoms with van der Waals surface area (Å²) in [6.07, 6.45) is 3.46. The van der Waals surface area contributed by atoms with E-state index in [0.29, 0.717) is 36.1 Å². The van der Waals surface area contributed by atoms with Gasteiger partial charge in [-0.15, -0.1) is 5.10 Å². The van der Waals surface area contributed by atoms with Crippen molar-refractivity contribution in [2.75, 3.05) is 32.1 Å². The number of carbonyl (C=O) groups excluding carboxylic acids is 1. The van der Waals surface area contributed by atoms with E-state index in [1.54, 1.807) is 0 Å². The van der Waals surface area contributed by atoms with Crippen LogP contribution < -0.4 is 4.90 Å². The number of nitrogens with zero attached hydrogens (tertiary/aromatic N) is 7. The zero-order valence-corrected chi connectivity index (χ0v) is 18.6. The first-order chi connectivity index (χ1) is 16.1. The van der Waals surface area contributed by atoms with Crippen molar-refractivity contribution in [3.05, 3.63) is 66.4 Å². The second kappa shape index (κ2) is 8.85. The van der Waals surface area contributed by atoms with Crippen LogP contribution in [0.25, 0.3) is 23.0 Å². The predicted molar refractivity (Wildman–Crippen MR) is 124 cm³/mol. The molecular weight excluding hydrogens is 418 g/mol. The molecule has 9 heteroatoms. The number of carbonyl (C=O) groups is 1. The van der Waals surface area contributed by atoms with Gasteiger partial charge < -0.3 is 14.3 Å². The van der Waals surface area contributed by atoms with Gasteiger partial charge in [0.25, 0.3) is 11.8 Å². The summed E-state index contributed by atoms with van der Waals surface area (Å²) in [5.74, 6) is 0.928. The number of amides is 1. The maximum absolute atomic E-state index is 12.9. The van der Waals surface area contributed by atoms with Gasteiger partial charge in [0.1, 0.15) is 0 Å². The van der Waals surface area contributed by atoms with Crippen LogP contribution >= 0.6 is 0 Å². The molecule has 1 fully saturated rings. The molecule has 0 atom stereocenters. The highest BCUT2D eigenvalue weighted by Gasteiger charge is 2.26. The quantitative estimate of drug-likeness (QED) is 0.466. The minimum atomic E-state index is 0.0670. The summed E-state index contributed by atoms with van der Waals surface area (Å²) >= 11 is 0. The summed E-state index contributed by atoms with van der Waals surface area (Å²) in [6, 6.07) is 17.5. The SMILES string of the molecule is CN(C)c1ccc(C(=O)N2CCC(n3cc(-c4nc(-c5ccccc5)no4)nn3)CC2)cc1. The monoisotopic (exact) mass is 443 g/mol. The Labute approximate surface area is 191 Å². The number of likely N-dealkylation sites (tertiary alicyclic amines) is 1. The molecule has 0 N–H and O–H groups in total. The lowest BCUT2D eigenvalue weighted by Gasteiger charge is -2.32. The second-order valence-corrected chi connectivity index (χ2v) is 8.34. The number of benzene rings is 2. The molecule has 33 heavy (non-hydrogen) atoms. The topological polar surface area (TPSA) is 93.2 Å². The van der Waals surface area contributed by atoms with Crippen molar-refractivity contribution in [1.29, 1.82) is 0 Å². The first-order valence-corrected chi connectivity index (χ1v) is 11.0. The lowest BCUT2D eigenvalue weighted by atomic mass is 10.0. The first kappa shape index (κ1) is 20.9. The van der Waals surface area contributed by atoms with Crippen molar-refractivity contribution >= 4 is 11.6 Å². The molecular formula is C24H25N7O2. The Morgan fingerprint density at radius 1 is 1.03 bits per heavy atom. The maximum atomic E-state index is 12.9. The molecule has 0 bridgehead atoms. The van der Waals surface area contributed by atoms with Crippen molar-refractivity contribution in [3.8, 4) is 23.0 Å². The lowest BCUT2D eigenvalue weighted by Crippen LogP contribution is -2.39. The molecule has 1 aliphatic heterocycles. The Kier molecular flexibility index (Phi) is 5.60. The lowest BCUT2D eigenvalue weighted by molar-refractivity contribution is 0.0689. The van der Waals surface area contributed by atoms with Gasteiger partial charge in [-0.1, -0.05) is 40.7 Å². The largest absolute Gasteiger partial charge is 0.378 e. The molecule has 0 spiro atoms. The highest BCUT2D eigenvalue weighted by Crippen LogP contribution is 2.26. The fourth-order valence-electron chi connectivity index (χ4n) is 4.00. The molecule has 0 saturated carbocycles. The average Bonchev–Trinajstić information content (AvgIpc) is 3.55. The van der Waals surface area contributed by atoms with Gasteiger partial charge in [-0.05, 0) is 37.1 Å². The highest BCUT2D eigenvalue weighted by atomic mass is 16.5. The van der Waals surface area contributed by atoms with Crippen LogP contribution in [0.5, 0.6) is 0 Å². The van der Waals surface area contributed by atoms with Crippen molar-refractivity contribution in [2.45, 2.75) is 18.9 Å². The molecule has 3 heterocycles. The Hall–Kier alpha value is -4.01. The van der Waals surface area contributed by atoms with Crippen LogP contribution in [0.4, 0.5) is 5.69 Å². The minimum Gasteiger partial charge on any atom is -0.378 e. The summed E-state index contributed by atoms with van der Waals surface area (Å²) in [6.45, 7) is 1.35. The van der Waals surface area contributed by atoms with Gasteiger partial charge in [0, 0.05) is 44.0 Å². The van der Waals surface area contributed by atoms with Crippen LogP contribution in [0.2, 0.25) is 0 Å². The molecule has 2 aromatic carbocycles. The first-order valence-electron chi connectivity index (χ1n) is 11.0. The number of hydrogen-bond donors (Lipinski definition) is 0. The molecule has 168 valence electrons. The third kappa shape index (κ3) is 4.34. The van der Waals surface area contributed by atoms with E-state index in [0.717, 1.165) is 24.1 Å². The normalized spacial score (nSPS) is 14.4. The zero-order valence-electron chi connectivity index (χ0n) is 18.6. The number of piperidine rings is 1. The van der Waals surface area contributed by atoms with Crippen LogP contribution in [-0.2, 0) is 0 Å². The molecule has 0 unspecified atom stereocenters. The number of aromatic nitrogens is 5. The maximum Gasteiger partial charge on any atom is 0.280 e. The van der Waals surface area contributed by atoms with E-state index >= 15 is 0 Å². The third-order valence-corrected chi connectivity index (χ3v) is 5.94. The summed E-state index contributed by atoms with van der Waals surface area (Å²) in [4.78, 5) is 21.3. The Bertz CT molecular complexity index is 1220. The van der Waals surface area contributed by atoms with Gasteiger partial charge in [0.2, 0.25) is 5.82 Å². The molecule has 5 rings (SSSR count). The minimum absolute atomic E-state index is 0.0670. The summed E-state index contributed by atoms with van der Waals surface area (Å²) in [5.41, 5.74) is 3.22. The fourth-order valence-corrected chi connectivity index (χ4v) is 4.00. The Morgan fingerprint density at radius 3 is 2.45 bits per heavy atom. The zero-order chi connectivity index (χ0) is 22.8. The number of hydrogen-bond acceptors (Lipinski definition) is 7. The van der Waals surface area contributed by atoms with Crippen molar-refractivity contribution in [3.63, 3.8) is 0 Å². The van der Waals surface area contributed by atoms with E-state index in [4.69, 9.17) is 4.52 Å². The van der Waals surface area contributed by atoms with E-state index in [1.807, 2.05) is 89.4 Å². The van der Waals surface area contributed by atoms with Gasteiger partial charge in [-0.25, -0.2) is 4.68 Å². The van der Waals surface area contributed by atoms with Crippen molar-refractivity contribution in [2.24, 2.45) is 0 Å². The van der Waals surface area contributed by atoms with Gasteiger partial charge in [-0.2, -0.15) is 4.98 Å². The highest BCUT2D eigenvalue weighted by molar-refractivity contribution is 5.94. The van der Waals surface area contributed by atoms with Gasteiger partial charge in [0.15, 0.2) is 5.69 Å². The Morgan fingerprint density at radius 2 is 1.76 bits per heavy atom. The van der Waals surface area contributed by atoms with Crippen LogP contribution in [0.1, 0.15) is 29.2 Å². The van der Waals surface area contributed by atoms with E-state index in [9.17, 15) is 4.79 Å². The third-order valence-electron chi connectivity index (χ3n) is 5.94. The fraction of sp³-hybridized carbons (Fsp3) is 0.292. The standard InChI is InChI=1S/C24H25N7O2/c1-29(2)19-10-8-18(9-11-19)24(32)30-14-12-20(13-15-30)31-16-21(26-28-31)23-25-22(27-33-23)17-6-4-3-5-7-17/h3-11,16,20H,12-15H2,1-2H3. The molecule has 9 nitrogen and oxygen atoms in total. The molecule has 1 aliphatic rings. The van der Waals surface area contributed by atoms with Crippen molar-refractivity contribution in [1.82, 2.24) is 30.0 Å². The van der Waals surface area contributed by atoms with Crippen LogP contribution in [-0.4, -0.2) is 63.1 Å². The van der Waals surface area contributed by atoms with Gasteiger partial charge in [-0.3, -0.25) is 4.79 Å². The van der Waals surface area contributed by atoms with E-state index in [1.165, 1.54) is 0 Å². The molecule has 2 aromatic heterocycles. The second-order valence-electron chi connectivity index (χ2n) is 8.34. The van der Waals surface area contributed by atoms with E-state index in [2.05, 4.69) is 20.5 Å². The van der Waals surface area contributed by atoms with E-state index in [-0.39, 0.29) is 11.9 Å². The summed E-state index contributed by atoms with van der Waals surface area (Å²) in [7, 11) is 3.97. The summed E-state index contributed by atoms with van der Waals surface area (Å²) in [5, 5.41) is 12.6. The number of rotatable bonds is 5. The molecule has 1 saturated heterocycles. The predicted octanol–water partition coefficient (Wildman–Crippen LogP) is 3.54. The van der Waals surface area contributed by atoms with Crippen LogP contribution in [0.15, 0.2) is 65.3 Å². The van der Waals surface area contributed by atoms with Crippen molar-refractivity contribution < 1.29 is 9.32 Å². The average molecular weight is 444 g/mol. The van der Waals surface area contributed by atoms with Gasteiger partial charge >= 0.3 is 0 Å². The van der Waals surface area contributed by atoms with E-state index < -0.39 is 0 Å². The smallest absolute Gasteiger partial charge is 0.280 e. The van der Waals surface area contributed by atoms with Gasteiger partial charge in [0.05, 0.1) is 12.2 Å². The van der Waals surface area contributed by atoms with Crippen LogP contribution in [0.3, 0.4) is 0 Å². The number of anilines is 1. The Balaban J connectivity index is 1.22. The molecule has 0 radical (unpaired) electrons. The molecule has 1 amide bonds. The molecule has 0 aliphatic carbocycles. The molecule has 4 aromatic rings. The van der Waals surface area contributed by atoms with Crippen LogP contribution in [0, 0.1) is 0 Å².